The molecule has 0 aliphatic carbocycles. The second-order valence-corrected chi connectivity index (χ2v) is 5.27. The molecule has 1 fully saturated rings. The second-order valence-electron chi connectivity index (χ2n) is 5.27. The number of carboxylic acids is 1. The smallest absolute Gasteiger partial charge is 0.335 e. The average molecular weight is 292 g/mol. The molecule has 1 aromatic carbocycles. The number of nitrogens with one attached hydrogen (secondary N) is 2. The standard InChI is InChI=1S/C15H20N2O4/c1-9-8-11(14(18)19)5-6-12(9)17-15(20)16-10(2)13-4-3-7-21-13/h5-6,8,10,13H,3-4,7H2,1-2H3,(H,18,19)(H2,16,17,20). The first-order valence-corrected chi connectivity index (χ1v) is 7.00. The molecule has 2 unspecified atom stereocenters. The van der Waals surface area contributed by atoms with Crippen LogP contribution in [0.25, 0.3) is 0 Å². The molecule has 0 radical (unpaired) electrons. The summed E-state index contributed by atoms with van der Waals surface area (Å²) >= 11 is 0. The predicted octanol–water partition coefficient (Wildman–Crippen LogP) is 2.38. The molecule has 6 nitrogen and oxygen atoms in total. The minimum absolute atomic E-state index is 0.0613. The Morgan fingerprint density at radius 1 is 1.43 bits per heavy atom. The predicted molar refractivity (Wildman–Crippen MR) is 78.7 cm³/mol. The number of hydrogen-bond acceptors (Lipinski definition) is 3. The number of urea groups is 1. The summed E-state index contributed by atoms with van der Waals surface area (Å²) in [6, 6.07) is 4.21. The van der Waals surface area contributed by atoms with Crippen molar-refractivity contribution in [3.8, 4) is 0 Å². The van der Waals surface area contributed by atoms with Gasteiger partial charge in [-0.15, -0.1) is 0 Å². The van der Waals surface area contributed by atoms with E-state index in [-0.39, 0.29) is 23.7 Å². The van der Waals surface area contributed by atoms with Gasteiger partial charge in [0, 0.05) is 12.3 Å². The van der Waals surface area contributed by atoms with E-state index < -0.39 is 5.97 Å². The van der Waals surface area contributed by atoms with Gasteiger partial charge in [0.15, 0.2) is 0 Å². The minimum Gasteiger partial charge on any atom is -0.478 e. The van der Waals surface area contributed by atoms with Gasteiger partial charge in [0.1, 0.15) is 0 Å². The molecule has 114 valence electrons. The summed E-state index contributed by atoms with van der Waals surface area (Å²) in [5.41, 5.74) is 1.50. The van der Waals surface area contributed by atoms with E-state index in [9.17, 15) is 9.59 Å². The van der Waals surface area contributed by atoms with Gasteiger partial charge >= 0.3 is 12.0 Å². The van der Waals surface area contributed by atoms with Gasteiger partial charge in [-0.2, -0.15) is 0 Å². The zero-order chi connectivity index (χ0) is 15.4. The van der Waals surface area contributed by atoms with Gasteiger partial charge in [0.05, 0.1) is 17.7 Å². The van der Waals surface area contributed by atoms with Crippen molar-refractivity contribution in [1.82, 2.24) is 5.32 Å². The molecule has 21 heavy (non-hydrogen) atoms. The molecule has 0 spiro atoms. The van der Waals surface area contributed by atoms with E-state index in [0.29, 0.717) is 11.3 Å². The molecule has 1 aliphatic heterocycles. The van der Waals surface area contributed by atoms with Crippen LogP contribution in [0.4, 0.5) is 10.5 Å². The van der Waals surface area contributed by atoms with E-state index in [1.165, 1.54) is 12.1 Å². The maximum Gasteiger partial charge on any atom is 0.335 e. The summed E-state index contributed by atoms with van der Waals surface area (Å²) in [6.45, 7) is 4.41. The topological polar surface area (TPSA) is 87.7 Å². The van der Waals surface area contributed by atoms with Gasteiger partial charge in [0.25, 0.3) is 0 Å². The lowest BCUT2D eigenvalue weighted by molar-refractivity contribution is 0.0697. The van der Waals surface area contributed by atoms with Crippen LogP contribution in [0.2, 0.25) is 0 Å². The van der Waals surface area contributed by atoms with E-state index in [1.807, 2.05) is 6.92 Å². The summed E-state index contributed by atoms with van der Waals surface area (Å²) in [4.78, 5) is 22.8. The van der Waals surface area contributed by atoms with E-state index in [0.717, 1.165) is 19.4 Å². The van der Waals surface area contributed by atoms with Crippen molar-refractivity contribution in [2.24, 2.45) is 0 Å². The van der Waals surface area contributed by atoms with Crippen molar-refractivity contribution in [2.75, 3.05) is 11.9 Å². The van der Waals surface area contributed by atoms with Crippen molar-refractivity contribution in [3.63, 3.8) is 0 Å². The molecule has 0 bridgehead atoms. The van der Waals surface area contributed by atoms with E-state index in [2.05, 4.69) is 10.6 Å². The van der Waals surface area contributed by atoms with Gasteiger partial charge in [0.2, 0.25) is 0 Å². The third-order valence-electron chi connectivity index (χ3n) is 3.60. The molecular formula is C15H20N2O4. The lowest BCUT2D eigenvalue weighted by Gasteiger charge is -2.20. The number of aryl methyl sites for hydroxylation is 1. The molecule has 1 aliphatic rings. The van der Waals surface area contributed by atoms with Crippen LogP contribution in [0.5, 0.6) is 0 Å². The van der Waals surface area contributed by atoms with Crippen molar-refractivity contribution in [2.45, 2.75) is 38.8 Å². The normalized spacial score (nSPS) is 19.0. The first kappa shape index (κ1) is 15.3. The third-order valence-corrected chi connectivity index (χ3v) is 3.60. The number of hydrogen-bond donors (Lipinski definition) is 3. The fraction of sp³-hybridized carbons (Fsp3) is 0.467. The number of benzene rings is 1. The fourth-order valence-corrected chi connectivity index (χ4v) is 2.39. The first-order valence-electron chi connectivity index (χ1n) is 7.00. The van der Waals surface area contributed by atoms with Gasteiger partial charge in [-0.1, -0.05) is 0 Å². The molecule has 1 heterocycles. The van der Waals surface area contributed by atoms with Gasteiger partial charge in [-0.3, -0.25) is 0 Å². The molecule has 1 aromatic rings. The van der Waals surface area contributed by atoms with E-state index in [1.54, 1.807) is 13.0 Å². The first-order chi connectivity index (χ1) is 9.97. The molecule has 0 saturated carbocycles. The zero-order valence-corrected chi connectivity index (χ0v) is 12.2. The summed E-state index contributed by atoms with van der Waals surface area (Å²) in [6.07, 6.45) is 2.04. The Morgan fingerprint density at radius 2 is 2.19 bits per heavy atom. The van der Waals surface area contributed by atoms with Crippen LogP contribution in [-0.4, -0.2) is 35.9 Å². The number of carbonyl (C=O) groups excluding carboxylic acids is 1. The van der Waals surface area contributed by atoms with E-state index >= 15 is 0 Å². The Balaban J connectivity index is 1.94. The highest BCUT2D eigenvalue weighted by atomic mass is 16.5. The van der Waals surface area contributed by atoms with Crippen LogP contribution in [0.3, 0.4) is 0 Å². The molecule has 2 amide bonds. The monoisotopic (exact) mass is 292 g/mol. The zero-order valence-electron chi connectivity index (χ0n) is 12.2. The Bertz CT molecular complexity index is 538. The molecule has 0 aromatic heterocycles. The van der Waals surface area contributed by atoms with Crippen molar-refractivity contribution < 1.29 is 19.4 Å². The molecule has 6 heteroatoms. The summed E-state index contributed by atoms with van der Waals surface area (Å²) < 4.78 is 5.52. The fourth-order valence-electron chi connectivity index (χ4n) is 2.39. The highest BCUT2D eigenvalue weighted by Gasteiger charge is 2.23. The summed E-state index contributed by atoms with van der Waals surface area (Å²) in [5.74, 6) is -0.985. The molecule has 1 saturated heterocycles. The number of carbonyl (C=O) groups is 2. The van der Waals surface area contributed by atoms with Crippen LogP contribution in [0, 0.1) is 6.92 Å². The van der Waals surface area contributed by atoms with Gasteiger partial charge in [-0.25, -0.2) is 9.59 Å². The van der Waals surface area contributed by atoms with Crippen LogP contribution in [0.15, 0.2) is 18.2 Å². The van der Waals surface area contributed by atoms with Crippen LogP contribution in [0.1, 0.15) is 35.7 Å². The Hall–Kier alpha value is -2.08. The minimum atomic E-state index is -0.985. The van der Waals surface area contributed by atoms with Crippen molar-refractivity contribution >= 4 is 17.7 Å². The van der Waals surface area contributed by atoms with Crippen molar-refractivity contribution in [1.29, 1.82) is 0 Å². The summed E-state index contributed by atoms with van der Waals surface area (Å²) in [7, 11) is 0. The highest BCUT2D eigenvalue weighted by Crippen LogP contribution is 2.18. The van der Waals surface area contributed by atoms with Crippen molar-refractivity contribution in [3.05, 3.63) is 29.3 Å². The summed E-state index contributed by atoms with van der Waals surface area (Å²) in [5, 5.41) is 14.5. The number of aromatic carboxylic acids is 1. The lowest BCUT2D eigenvalue weighted by atomic mass is 10.1. The van der Waals surface area contributed by atoms with Gasteiger partial charge in [-0.05, 0) is 50.5 Å². The number of rotatable bonds is 4. The van der Waals surface area contributed by atoms with Gasteiger partial charge < -0.3 is 20.5 Å². The third kappa shape index (κ3) is 3.95. The molecule has 2 atom stereocenters. The second kappa shape index (κ2) is 6.58. The van der Waals surface area contributed by atoms with Crippen LogP contribution in [-0.2, 0) is 4.74 Å². The lowest BCUT2D eigenvalue weighted by Crippen LogP contribution is -2.43. The molecular weight excluding hydrogens is 272 g/mol. The highest BCUT2D eigenvalue weighted by molar-refractivity contribution is 5.92. The number of ether oxygens (including phenoxy) is 1. The average Bonchev–Trinajstić information content (AvgIpc) is 2.94. The maximum atomic E-state index is 12.0. The van der Waals surface area contributed by atoms with Crippen LogP contribution >= 0.6 is 0 Å². The SMILES string of the molecule is Cc1cc(C(=O)O)ccc1NC(=O)NC(C)C1CCCO1. The Kier molecular flexibility index (Phi) is 4.80. The number of amides is 2. The Labute approximate surface area is 123 Å². The number of carboxylic acid groups (broad SMARTS) is 1. The maximum absolute atomic E-state index is 12.0. The largest absolute Gasteiger partial charge is 0.478 e. The molecule has 2 rings (SSSR count). The quantitative estimate of drug-likeness (QED) is 0.795. The van der Waals surface area contributed by atoms with Crippen LogP contribution < -0.4 is 10.6 Å². The van der Waals surface area contributed by atoms with E-state index in [4.69, 9.17) is 9.84 Å². The molecule has 3 N–H and O–H groups in total. The Morgan fingerprint density at radius 3 is 2.76 bits per heavy atom. The number of anilines is 1.